The Morgan fingerprint density at radius 2 is 1.85 bits per heavy atom. The quantitative estimate of drug-likeness (QED) is 0.519. The van der Waals surface area contributed by atoms with Crippen LogP contribution in [0, 0.1) is 13.8 Å². The molecule has 0 saturated heterocycles. The summed E-state index contributed by atoms with van der Waals surface area (Å²) in [5.41, 5.74) is 7.13. The van der Waals surface area contributed by atoms with Crippen LogP contribution in [0.25, 0.3) is 6.08 Å². The van der Waals surface area contributed by atoms with E-state index < -0.39 is 23.8 Å². The van der Waals surface area contributed by atoms with E-state index >= 15 is 0 Å². The van der Waals surface area contributed by atoms with E-state index in [-0.39, 0.29) is 6.54 Å². The van der Waals surface area contributed by atoms with Crippen LogP contribution in [0.5, 0.6) is 0 Å². The second-order valence-corrected chi connectivity index (χ2v) is 6.10. The lowest BCUT2D eigenvalue weighted by Gasteiger charge is -2.14. The Balaban J connectivity index is 1.76. The fraction of sp³-hybridized carbons (Fsp3) is 0.263. The molecule has 8 nitrogen and oxygen atoms in total. The lowest BCUT2D eigenvalue weighted by molar-refractivity contribution is -0.131. The summed E-state index contributed by atoms with van der Waals surface area (Å²) < 4.78 is 1.54. The van der Waals surface area contributed by atoms with Crippen molar-refractivity contribution in [3.63, 3.8) is 0 Å². The number of hydrogen-bond acceptors (Lipinski definition) is 4. The molecule has 1 aromatic heterocycles. The van der Waals surface area contributed by atoms with Gasteiger partial charge in [-0.15, -0.1) is 0 Å². The smallest absolute Gasteiger partial charge is 0.260 e. The van der Waals surface area contributed by atoms with E-state index in [0.717, 1.165) is 17.0 Å². The highest BCUT2D eigenvalue weighted by Gasteiger charge is 2.15. The maximum atomic E-state index is 12.0. The molecule has 2 rings (SSSR count). The number of hydrogen-bond donors (Lipinski definition) is 3. The molecular weight excluding hydrogens is 346 g/mol. The van der Waals surface area contributed by atoms with Gasteiger partial charge >= 0.3 is 0 Å². The Bertz CT molecular complexity index is 842. The fourth-order valence-corrected chi connectivity index (χ4v) is 2.31. The van der Waals surface area contributed by atoms with Gasteiger partial charge in [0.05, 0.1) is 5.69 Å². The third-order valence-electron chi connectivity index (χ3n) is 3.70. The number of carbonyl (C=O) groups is 3. The van der Waals surface area contributed by atoms with Crippen molar-refractivity contribution in [1.82, 2.24) is 25.9 Å². The first-order valence-corrected chi connectivity index (χ1v) is 8.48. The minimum absolute atomic E-state index is 0.0134. The van der Waals surface area contributed by atoms with Gasteiger partial charge in [-0.3, -0.25) is 29.9 Å². The fourth-order valence-electron chi connectivity index (χ4n) is 2.31. The summed E-state index contributed by atoms with van der Waals surface area (Å²) in [6, 6.07) is 10.4. The van der Waals surface area contributed by atoms with Crippen LogP contribution in [0.3, 0.4) is 0 Å². The number of benzene rings is 1. The van der Waals surface area contributed by atoms with Gasteiger partial charge in [0, 0.05) is 11.8 Å². The van der Waals surface area contributed by atoms with Crippen molar-refractivity contribution in [3.05, 3.63) is 59.4 Å². The highest BCUT2D eigenvalue weighted by molar-refractivity contribution is 5.95. The van der Waals surface area contributed by atoms with E-state index in [4.69, 9.17) is 0 Å². The lowest BCUT2D eigenvalue weighted by Crippen LogP contribution is -2.51. The zero-order valence-electron chi connectivity index (χ0n) is 15.5. The molecule has 0 unspecified atom stereocenters. The van der Waals surface area contributed by atoms with Gasteiger partial charge in [-0.05, 0) is 38.5 Å². The summed E-state index contributed by atoms with van der Waals surface area (Å²) in [5, 5.41) is 6.70. The first kappa shape index (κ1) is 19.9. The number of aryl methyl sites for hydroxylation is 2. The molecule has 0 radical (unpaired) electrons. The molecule has 2 aromatic rings. The molecule has 0 saturated carbocycles. The van der Waals surface area contributed by atoms with Crippen LogP contribution < -0.4 is 16.2 Å². The molecule has 3 amide bonds. The minimum atomic E-state index is -0.813. The highest BCUT2D eigenvalue weighted by Crippen LogP contribution is 2.01. The number of nitrogens with one attached hydrogen (secondary N) is 3. The molecule has 0 aliphatic rings. The maximum absolute atomic E-state index is 12.0. The normalized spacial score (nSPS) is 11.8. The molecule has 0 aliphatic carbocycles. The van der Waals surface area contributed by atoms with Crippen molar-refractivity contribution in [2.45, 2.75) is 33.4 Å². The van der Waals surface area contributed by atoms with E-state index in [0.29, 0.717) is 0 Å². The average molecular weight is 369 g/mol. The van der Waals surface area contributed by atoms with Gasteiger partial charge in [-0.1, -0.05) is 30.3 Å². The van der Waals surface area contributed by atoms with Gasteiger partial charge in [-0.2, -0.15) is 5.10 Å². The van der Waals surface area contributed by atoms with Crippen LogP contribution in [0.2, 0.25) is 0 Å². The third kappa shape index (κ3) is 6.43. The van der Waals surface area contributed by atoms with Crippen molar-refractivity contribution in [1.29, 1.82) is 0 Å². The third-order valence-corrected chi connectivity index (χ3v) is 3.70. The molecule has 0 spiro atoms. The summed E-state index contributed by atoms with van der Waals surface area (Å²) in [5.74, 6) is -1.36. The molecule has 0 bridgehead atoms. The predicted octanol–water partition coefficient (Wildman–Crippen LogP) is 0.865. The van der Waals surface area contributed by atoms with Crippen molar-refractivity contribution in [3.8, 4) is 0 Å². The number of aromatic nitrogens is 2. The van der Waals surface area contributed by atoms with E-state index in [2.05, 4.69) is 21.3 Å². The van der Waals surface area contributed by atoms with Crippen LogP contribution in [0.15, 0.2) is 42.5 Å². The summed E-state index contributed by atoms with van der Waals surface area (Å²) in [6.45, 7) is 5.18. The predicted molar refractivity (Wildman–Crippen MR) is 101 cm³/mol. The standard InChI is InChI=1S/C19H23N5O3/c1-13-11-14(2)24(23-13)12-18(26)21-22-19(27)15(3)20-17(25)10-9-16-7-5-4-6-8-16/h4-11,15H,12H2,1-3H3,(H,20,25)(H,21,26)(H,22,27)/b10-9+/t15-/m0/s1. The summed E-state index contributed by atoms with van der Waals surface area (Å²) in [6.07, 6.45) is 3.00. The topological polar surface area (TPSA) is 105 Å². The van der Waals surface area contributed by atoms with E-state index in [1.807, 2.05) is 50.2 Å². The molecule has 1 aromatic carbocycles. The minimum Gasteiger partial charge on any atom is -0.341 e. The highest BCUT2D eigenvalue weighted by atomic mass is 16.2. The monoisotopic (exact) mass is 369 g/mol. The molecule has 27 heavy (non-hydrogen) atoms. The Morgan fingerprint density at radius 1 is 1.15 bits per heavy atom. The SMILES string of the molecule is Cc1cc(C)n(CC(=O)NNC(=O)[C@H](C)NC(=O)/C=C/c2ccccc2)n1. The molecule has 3 N–H and O–H groups in total. The van der Waals surface area contributed by atoms with Gasteiger partial charge in [0.25, 0.3) is 11.8 Å². The van der Waals surface area contributed by atoms with Crippen LogP contribution in [-0.2, 0) is 20.9 Å². The summed E-state index contributed by atoms with van der Waals surface area (Å²) in [7, 11) is 0. The molecule has 0 fully saturated rings. The second kappa shape index (κ2) is 9.33. The Labute approximate surface area is 157 Å². The molecule has 142 valence electrons. The first-order valence-electron chi connectivity index (χ1n) is 8.48. The molecule has 1 atom stereocenters. The van der Waals surface area contributed by atoms with E-state index in [1.54, 1.807) is 6.08 Å². The maximum Gasteiger partial charge on any atom is 0.260 e. The number of nitrogens with zero attached hydrogens (tertiary/aromatic N) is 2. The average Bonchev–Trinajstić information content (AvgIpc) is 2.95. The largest absolute Gasteiger partial charge is 0.341 e. The number of amides is 3. The van der Waals surface area contributed by atoms with Crippen LogP contribution in [-0.4, -0.2) is 33.5 Å². The van der Waals surface area contributed by atoms with Crippen LogP contribution >= 0.6 is 0 Å². The van der Waals surface area contributed by atoms with Crippen molar-refractivity contribution < 1.29 is 14.4 Å². The van der Waals surface area contributed by atoms with Gasteiger partial charge in [-0.25, -0.2) is 0 Å². The van der Waals surface area contributed by atoms with Crippen molar-refractivity contribution in [2.75, 3.05) is 0 Å². The Kier molecular flexibility index (Phi) is 6.87. The number of carbonyl (C=O) groups excluding carboxylic acids is 3. The molecule has 1 heterocycles. The van der Waals surface area contributed by atoms with Crippen LogP contribution in [0.4, 0.5) is 0 Å². The molecular formula is C19H23N5O3. The second-order valence-electron chi connectivity index (χ2n) is 6.10. The first-order chi connectivity index (χ1) is 12.8. The van der Waals surface area contributed by atoms with E-state index in [9.17, 15) is 14.4 Å². The Morgan fingerprint density at radius 3 is 2.48 bits per heavy atom. The molecule has 8 heteroatoms. The van der Waals surface area contributed by atoms with Gasteiger partial charge in [0.15, 0.2) is 0 Å². The van der Waals surface area contributed by atoms with Gasteiger partial charge in [0.2, 0.25) is 5.91 Å². The van der Waals surface area contributed by atoms with Crippen molar-refractivity contribution >= 4 is 23.8 Å². The van der Waals surface area contributed by atoms with E-state index in [1.165, 1.54) is 17.7 Å². The summed E-state index contributed by atoms with van der Waals surface area (Å²) in [4.78, 5) is 35.8. The van der Waals surface area contributed by atoms with Gasteiger partial charge < -0.3 is 5.32 Å². The molecule has 0 aliphatic heterocycles. The zero-order valence-corrected chi connectivity index (χ0v) is 15.5. The van der Waals surface area contributed by atoms with Crippen molar-refractivity contribution in [2.24, 2.45) is 0 Å². The lowest BCUT2D eigenvalue weighted by atomic mass is 10.2. The Hall–Kier alpha value is -3.42. The zero-order chi connectivity index (χ0) is 19.8. The van der Waals surface area contributed by atoms with Gasteiger partial charge in [0.1, 0.15) is 12.6 Å². The van der Waals surface area contributed by atoms with Crippen LogP contribution in [0.1, 0.15) is 23.9 Å². The number of rotatable bonds is 6. The number of hydrazine groups is 1. The summed E-state index contributed by atoms with van der Waals surface area (Å²) >= 11 is 0.